The molecule has 0 aliphatic heterocycles. The van der Waals surface area contributed by atoms with Gasteiger partial charge in [-0.2, -0.15) is 0 Å². The molecule has 0 aliphatic rings. The molecule has 0 radical (unpaired) electrons. The first-order valence-corrected chi connectivity index (χ1v) is 11.6. The average molecular weight is 475 g/mol. The fourth-order valence-corrected chi connectivity index (χ4v) is 3.90. The zero-order valence-corrected chi connectivity index (χ0v) is 20.1. The summed E-state index contributed by atoms with van der Waals surface area (Å²) in [7, 11) is 1.63. The lowest BCUT2D eigenvalue weighted by Crippen LogP contribution is -2.17. The number of thioether (sulfide) groups is 1. The topological polar surface area (TPSA) is 78.3 Å². The van der Waals surface area contributed by atoms with Crippen molar-refractivity contribution in [3.8, 4) is 11.5 Å². The van der Waals surface area contributed by atoms with Crippen molar-refractivity contribution < 1.29 is 14.3 Å². The smallest absolute Gasteiger partial charge is 0.234 e. The minimum Gasteiger partial charge on any atom is -0.497 e. The molecular formula is C23H27ClN4O3S. The number of methoxy groups -OCH3 is 1. The highest BCUT2D eigenvalue weighted by Gasteiger charge is 2.21. The van der Waals surface area contributed by atoms with Crippen molar-refractivity contribution in [1.82, 2.24) is 14.8 Å². The van der Waals surface area contributed by atoms with Crippen LogP contribution in [-0.4, -0.2) is 33.5 Å². The molecule has 1 unspecified atom stereocenters. The van der Waals surface area contributed by atoms with Crippen LogP contribution >= 0.6 is 23.4 Å². The highest BCUT2D eigenvalue weighted by molar-refractivity contribution is 7.99. The van der Waals surface area contributed by atoms with Crippen LogP contribution in [0.15, 0.2) is 53.7 Å². The maximum atomic E-state index is 12.4. The maximum Gasteiger partial charge on any atom is 0.234 e. The average Bonchev–Trinajstić information content (AvgIpc) is 3.16. The van der Waals surface area contributed by atoms with Gasteiger partial charge in [0, 0.05) is 17.3 Å². The Balaban J connectivity index is 1.67. The molecule has 2 aromatic carbocycles. The molecule has 1 atom stereocenters. The Bertz CT molecular complexity index is 1020. The van der Waals surface area contributed by atoms with E-state index < -0.39 is 0 Å². The molecule has 9 heteroatoms. The van der Waals surface area contributed by atoms with Gasteiger partial charge in [-0.15, -0.1) is 10.2 Å². The second kappa shape index (κ2) is 11.2. The van der Waals surface area contributed by atoms with E-state index in [0.717, 1.165) is 18.1 Å². The summed E-state index contributed by atoms with van der Waals surface area (Å²) in [6.07, 6.45) is -0.313. The summed E-state index contributed by atoms with van der Waals surface area (Å²) in [5, 5.41) is 12.9. The number of amides is 1. The molecule has 0 saturated carbocycles. The molecule has 3 rings (SSSR count). The van der Waals surface area contributed by atoms with E-state index in [9.17, 15) is 4.79 Å². The number of nitrogens with one attached hydrogen (secondary N) is 1. The molecule has 0 saturated heterocycles. The SMILES string of the molecule is COc1ccc(OC(C)c2nnc(SCC(=O)Nc3ccc(Cl)cc3)n2CC(C)C)cc1. The second-order valence-electron chi connectivity index (χ2n) is 7.62. The third-order valence-corrected chi connectivity index (χ3v) is 5.71. The number of benzene rings is 2. The van der Waals surface area contributed by atoms with Crippen LogP contribution in [0, 0.1) is 5.92 Å². The molecular weight excluding hydrogens is 448 g/mol. The van der Waals surface area contributed by atoms with Gasteiger partial charge in [-0.1, -0.05) is 37.2 Å². The summed E-state index contributed by atoms with van der Waals surface area (Å²) in [6.45, 7) is 6.91. The summed E-state index contributed by atoms with van der Waals surface area (Å²) in [5.41, 5.74) is 0.700. The largest absolute Gasteiger partial charge is 0.497 e. The van der Waals surface area contributed by atoms with E-state index in [4.69, 9.17) is 21.1 Å². The first-order valence-electron chi connectivity index (χ1n) is 10.3. The predicted octanol–water partition coefficient (Wildman–Crippen LogP) is 5.47. The second-order valence-corrected chi connectivity index (χ2v) is 9.00. The fourth-order valence-electron chi connectivity index (χ4n) is 3.02. The van der Waals surface area contributed by atoms with Crippen LogP contribution in [0.1, 0.15) is 32.7 Å². The molecule has 0 aliphatic carbocycles. The highest BCUT2D eigenvalue weighted by atomic mass is 35.5. The van der Waals surface area contributed by atoms with Crippen LogP contribution in [-0.2, 0) is 11.3 Å². The molecule has 1 aromatic heterocycles. The highest BCUT2D eigenvalue weighted by Crippen LogP contribution is 2.27. The number of anilines is 1. The van der Waals surface area contributed by atoms with Gasteiger partial charge in [-0.3, -0.25) is 4.79 Å². The number of ether oxygens (including phenoxy) is 2. The Morgan fingerprint density at radius 2 is 1.72 bits per heavy atom. The third kappa shape index (κ3) is 6.64. The Labute approximate surface area is 197 Å². The van der Waals surface area contributed by atoms with Crippen LogP contribution in [0.3, 0.4) is 0 Å². The van der Waals surface area contributed by atoms with Gasteiger partial charge in [0.1, 0.15) is 11.5 Å². The van der Waals surface area contributed by atoms with Crippen molar-refractivity contribution >= 4 is 35.0 Å². The lowest BCUT2D eigenvalue weighted by atomic mass is 10.2. The summed E-state index contributed by atoms with van der Waals surface area (Å²) >= 11 is 7.24. The number of carbonyl (C=O) groups excluding carboxylic acids is 1. The zero-order valence-electron chi connectivity index (χ0n) is 18.5. The van der Waals surface area contributed by atoms with Crippen molar-refractivity contribution in [2.24, 2.45) is 5.92 Å². The summed E-state index contributed by atoms with van der Waals surface area (Å²) in [5.74, 6) is 2.67. The number of hydrogen-bond acceptors (Lipinski definition) is 6. The van der Waals surface area contributed by atoms with E-state index in [1.807, 2.05) is 35.8 Å². The van der Waals surface area contributed by atoms with Gasteiger partial charge in [-0.25, -0.2) is 0 Å². The van der Waals surface area contributed by atoms with Crippen molar-refractivity contribution in [3.05, 3.63) is 59.4 Å². The lowest BCUT2D eigenvalue weighted by Gasteiger charge is -2.18. The molecule has 0 fully saturated rings. The fraction of sp³-hybridized carbons (Fsp3) is 0.348. The summed E-state index contributed by atoms with van der Waals surface area (Å²) < 4.78 is 13.3. The molecule has 1 amide bonds. The molecule has 1 N–H and O–H groups in total. The zero-order chi connectivity index (χ0) is 23.1. The third-order valence-electron chi connectivity index (χ3n) is 4.49. The van der Waals surface area contributed by atoms with Gasteiger partial charge in [-0.05, 0) is 61.4 Å². The van der Waals surface area contributed by atoms with Gasteiger partial charge < -0.3 is 19.4 Å². The lowest BCUT2D eigenvalue weighted by molar-refractivity contribution is -0.113. The van der Waals surface area contributed by atoms with E-state index >= 15 is 0 Å². The van der Waals surface area contributed by atoms with E-state index in [1.54, 1.807) is 31.4 Å². The van der Waals surface area contributed by atoms with Crippen LogP contribution in [0.2, 0.25) is 5.02 Å². The molecule has 0 spiro atoms. The van der Waals surface area contributed by atoms with Crippen molar-refractivity contribution in [1.29, 1.82) is 0 Å². The maximum absolute atomic E-state index is 12.4. The summed E-state index contributed by atoms with van der Waals surface area (Å²) in [4.78, 5) is 12.4. The quantitative estimate of drug-likeness (QED) is 0.393. The number of carbonyl (C=O) groups is 1. The van der Waals surface area contributed by atoms with E-state index in [2.05, 4.69) is 29.4 Å². The standard InChI is InChI=1S/C23H27ClN4O3S/c1-15(2)13-28-22(16(3)31-20-11-9-19(30-4)10-12-20)26-27-23(28)32-14-21(29)25-18-7-5-17(24)6-8-18/h5-12,15-16H,13-14H2,1-4H3,(H,25,29). The van der Waals surface area contributed by atoms with Crippen molar-refractivity contribution in [3.63, 3.8) is 0 Å². The van der Waals surface area contributed by atoms with E-state index in [1.165, 1.54) is 11.8 Å². The first kappa shape index (κ1) is 23.9. The Morgan fingerprint density at radius 1 is 1.06 bits per heavy atom. The Hall–Kier alpha value is -2.71. The number of rotatable bonds is 10. The van der Waals surface area contributed by atoms with Gasteiger partial charge in [0.25, 0.3) is 0 Å². The van der Waals surface area contributed by atoms with Crippen LogP contribution in [0.4, 0.5) is 5.69 Å². The molecule has 3 aromatic rings. The van der Waals surface area contributed by atoms with Gasteiger partial charge in [0.15, 0.2) is 17.1 Å². The molecule has 1 heterocycles. The Morgan fingerprint density at radius 3 is 2.34 bits per heavy atom. The number of halogens is 1. The van der Waals surface area contributed by atoms with Gasteiger partial charge in [0.2, 0.25) is 5.91 Å². The van der Waals surface area contributed by atoms with Gasteiger partial charge in [0.05, 0.1) is 12.9 Å². The number of aromatic nitrogens is 3. The summed E-state index contributed by atoms with van der Waals surface area (Å²) in [6, 6.07) is 14.4. The van der Waals surface area contributed by atoms with Crippen LogP contribution in [0.5, 0.6) is 11.5 Å². The minimum absolute atomic E-state index is 0.125. The van der Waals surface area contributed by atoms with Crippen LogP contribution < -0.4 is 14.8 Å². The van der Waals surface area contributed by atoms with Crippen LogP contribution in [0.25, 0.3) is 0 Å². The molecule has 32 heavy (non-hydrogen) atoms. The molecule has 170 valence electrons. The minimum atomic E-state index is -0.313. The normalized spacial score (nSPS) is 11.9. The Kier molecular flexibility index (Phi) is 8.41. The number of nitrogens with zero attached hydrogens (tertiary/aromatic N) is 3. The first-order chi connectivity index (χ1) is 15.4. The number of hydrogen-bond donors (Lipinski definition) is 1. The molecule has 7 nitrogen and oxygen atoms in total. The predicted molar refractivity (Wildman–Crippen MR) is 128 cm³/mol. The molecule has 0 bridgehead atoms. The van der Waals surface area contributed by atoms with E-state index in [-0.39, 0.29) is 17.8 Å². The van der Waals surface area contributed by atoms with Crippen molar-refractivity contribution in [2.75, 3.05) is 18.2 Å². The van der Waals surface area contributed by atoms with E-state index in [0.29, 0.717) is 27.5 Å². The monoisotopic (exact) mass is 474 g/mol. The van der Waals surface area contributed by atoms with Gasteiger partial charge >= 0.3 is 0 Å². The van der Waals surface area contributed by atoms with Crippen molar-refractivity contribution in [2.45, 2.75) is 38.6 Å².